The van der Waals surface area contributed by atoms with Crippen molar-refractivity contribution in [3.8, 4) is 11.8 Å². The number of carbonyl (C=O) groups excluding carboxylic acids is 1. The quantitative estimate of drug-likeness (QED) is 0.602. The number of ether oxygens (including phenoxy) is 1. The van der Waals surface area contributed by atoms with E-state index in [0.717, 1.165) is 16.6 Å². The molecular formula is C23H24FN3O2. The van der Waals surface area contributed by atoms with Gasteiger partial charge in [-0.15, -0.1) is 0 Å². The molecule has 6 heteroatoms. The van der Waals surface area contributed by atoms with Crippen molar-refractivity contribution in [2.24, 2.45) is 0 Å². The molecule has 1 aromatic heterocycles. The molecule has 0 unspecified atom stereocenters. The van der Waals surface area contributed by atoms with Gasteiger partial charge in [-0.05, 0) is 63.1 Å². The van der Waals surface area contributed by atoms with Crippen LogP contribution in [0.15, 0.2) is 48.5 Å². The van der Waals surface area contributed by atoms with Crippen LogP contribution in [-0.4, -0.2) is 35.0 Å². The number of imidazole rings is 1. The van der Waals surface area contributed by atoms with Gasteiger partial charge in [-0.3, -0.25) is 4.90 Å². The molecule has 29 heavy (non-hydrogen) atoms. The summed E-state index contributed by atoms with van der Waals surface area (Å²) in [5, 5.41) is 0. The van der Waals surface area contributed by atoms with Gasteiger partial charge in [0.05, 0.1) is 17.6 Å². The number of fused-ring (bicyclic) bond motifs is 1. The summed E-state index contributed by atoms with van der Waals surface area (Å²) in [5.41, 5.74) is 2.57. The average molecular weight is 393 g/mol. The lowest BCUT2D eigenvalue weighted by Crippen LogP contribution is -2.34. The highest BCUT2D eigenvalue weighted by Crippen LogP contribution is 2.18. The second-order valence-corrected chi connectivity index (χ2v) is 7.60. The minimum Gasteiger partial charge on any atom is -0.443 e. The molecule has 0 saturated heterocycles. The minimum absolute atomic E-state index is 0.212. The maximum absolute atomic E-state index is 13.0. The Morgan fingerprint density at radius 2 is 1.83 bits per heavy atom. The lowest BCUT2D eigenvalue weighted by atomic mass is 10.2. The van der Waals surface area contributed by atoms with Crippen LogP contribution < -0.4 is 4.90 Å². The zero-order chi connectivity index (χ0) is 21.0. The molecule has 0 aliphatic rings. The molecule has 5 nitrogen and oxygen atoms in total. The smallest absolute Gasteiger partial charge is 0.414 e. The Hall–Kier alpha value is -3.33. The van der Waals surface area contributed by atoms with Gasteiger partial charge in [0.2, 0.25) is 0 Å². The maximum Gasteiger partial charge on any atom is 0.414 e. The van der Waals surface area contributed by atoms with Crippen LogP contribution in [-0.2, 0) is 11.3 Å². The van der Waals surface area contributed by atoms with Crippen LogP contribution in [0.5, 0.6) is 0 Å². The zero-order valence-electron chi connectivity index (χ0n) is 17.1. The van der Waals surface area contributed by atoms with E-state index in [1.54, 1.807) is 23.7 Å². The van der Waals surface area contributed by atoms with E-state index in [1.807, 2.05) is 57.2 Å². The first-order valence-electron chi connectivity index (χ1n) is 9.38. The standard InChI is InChI=1S/C23H24FN3O2/c1-23(2,3)29-22(28)26(4)18-12-9-17(10-13-18)11-14-21-25-19-7-5-6-8-20(19)27(21)16-15-24/h5-10,12-13H,15-16H2,1-4H3. The molecule has 0 atom stereocenters. The van der Waals surface area contributed by atoms with Gasteiger partial charge < -0.3 is 9.30 Å². The van der Waals surface area contributed by atoms with Crippen molar-refractivity contribution in [3.05, 3.63) is 59.9 Å². The van der Waals surface area contributed by atoms with Crippen molar-refractivity contribution in [1.82, 2.24) is 9.55 Å². The molecule has 3 aromatic rings. The van der Waals surface area contributed by atoms with E-state index in [1.165, 1.54) is 4.90 Å². The lowest BCUT2D eigenvalue weighted by molar-refractivity contribution is 0.0589. The predicted molar refractivity (Wildman–Crippen MR) is 113 cm³/mol. The normalized spacial score (nSPS) is 11.1. The van der Waals surface area contributed by atoms with E-state index in [-0.39, 0.29) is 6.54 Å². The molecule has 2 aromatic carbocycles. The molecule has 0 bridgehead atoms. The molecule has 150 valence electrons. The predicted octanol–water partition coefficient (Wildman–Crippen LogP) is 4.78. The Balaban J connectivity index is 1.81. The molecular weight excluding hydrogens is 369 g/mol. The van der Waals surface area contributed by atoms with Crippen LogP contribution in [0.3, 0.4) is 0 Å². The minimum atomic E-state index is -0.554. The number of carbonyl (C=O) groups is 1. The number of halogens is 1. The van der Waals surface area contributed by atoms with Crippen LogP contribution in [0.25, 0.3) is 11.0 Å². The van der Waals surface area contributed by atoms with Gasteiger partial charge in [-0.25, -0.2) is 14.2 Å². The lowest BCUT2D eigenvalue weighted by Gasteiger charge is -2.24. The summed E-state index contributed by atoms with van der Waals surface area (Å²) in [6.45, 7) is 5.21. The molecule has 1 amide bonds. The fourth-order valence-corrected chi connectivity index (χ4v) is 2.81. The van der Waals surface area contributed by atoms with Crippen molar-refractivity contribution < 1.29 is 13.9 Å². The summed E-state index contributed by atoms with van der Waals surface area (Å²) < 4.78 is 20.1. The number of para-hydroxylation sites is 2. The number of rotatable bonds is 3. The SMILES string of the molecule is CN(C(=O)OC(C)(C)C)c1ccc(C#Cc2nc3ccccc3n2CCF)cc1. The first kappa shape index (κ1) is 20.4. The second kappa shape index (κ2) is 8.36. The topological polar surface area (TPSA) is 47.4 Å². The summed E-state index contributed by atoms with van der Waals surface area (Å²) >= 11 is 0. The third-order valence-electron chi connectivity index (χ3n) is 4.20. The van der Waals surface area contributed by atoms with Crippen LogP contribution in [0.1, 0.15) is 32.2 Å². The highest BCUT2D eigenvalue weighted by molar-refractivity contribution is 5.87. The Morgan fingerprint density at radius 1 is 1.14 bits per heavy atom. The Labute approximate surface area is 170 Å². The van der Waals surface area contributed by atoms with E-state index < -0.39 is 18.4 Å². The third-order valence-corrected chi connectivity index (χ3v) is 4.20. The number of aryl methyl sites for hydroxylation is 1. The van der Waals surface area contributed by atoms with Crippen molar-refractivity contribution in [2.45, 2.75) is 32.9 Å². The van der Waals surface area contributed by atoms with Gasteiger partial charge in [0, 0.05) is 18.3 Å². The number of benzene rings is 2. The van der Waals surface area contributed by atoms with E-state index in [0.29, 0.717) is 11.5 Å². The monoisotopic (exact) mass is 393 g/mol. The summed E-state index contributed by atoms with van der Waals surface area (Å²) in [5.74, 6) is 6.63. The number of nitrogens with zero attached hydrogens (tertiary/aromatic N) is 3. The van der Waals surface area contributed by atoms with E-state index in [9.17, 15) is 9.18 Å². The fourth-order valence-electron chi connectivity index (χ4n) is 2.81. The molecule has 0 N–H and O–H groups in total. The van der Waals surface area contributed by atoms with Crippen molar-refractivity contribution in [1.29, 1.82) is 0 Å². The summed E-state index contributed by atoms with van der Waals surface area (Å²) in [7, 11) is 1.66. The van der Waals surface area contributed by atoms with Gasteiger partial charge in [0.25, 0.3) is 0 Å². The molecule has 0 aliphatic heterocycles. The first-order valence-corrected chi connectivity index (χ1v) is 9.38. The highest BCUT2D eigenvalue weighted by atomic mass is 19.1. The summed E-state index contributed by atoms with van der Waals surface area (Å²) in [4.78, 5) is 18.1. The molecule has 0 spiro atoms. The highest BCUT2D eigenvalue weighted by Gasteiger charge is 2.20. The van der Waals surface area contributed by atoms with Gasteiger partial charge in [0.15, 0.2) is 5.82 Å². The number of hydrogen-bond acceptors (Lipinski definition) is 3. The Morgan fingerprint density at radius 3 is 2.48 bits per heavy atom. The third kappa shape index (κ3) is 4.94. The second-order valence-electron chi connectivity index (χ2n) is 7.60. The average Bonchev–Trinajstić information content (AvgIpc) is 3.03. The number of amides is 1. The molecule has 0 saturated carbocycles. The van der Waals surface area contributed by atoms with Crippen molar-refractivity contribution in [2.75, 3.05) is 18.6 Å². The number of aromatic nitrogens is 2. The van der Waals surface area contributed by atoms with Crippen LogP contribution >= 0.6 is 0 Å². The Bertz CT molecular complexity index is 1070. The van der Waals surface area contributed by atoms with Crippen molar-refractivity contribution in [3.63, 3.8) is 0 Å². The van der Waals surface area contributed by atoms with Gasteiger partial charge in [-0.1, -0.05) is 18.1 Å². The maximum atomic E-state index is 13.0. The number of anilines is 1. The molecule has 1 heterocycles. The van der Waals surface area contributed by atoms with Gasteiger partial charge >= 0.3 is 6.09 Å². The van der Waals surface area contributed by atoms with Crippen LogP contribution in [0.2, 0.25) is 0 Å². The van der Waals surface area contributed by atoms with Crippen molar-refractivity contribution >= 4 is 22.8 Å². The number of alkyl halides is 1. The van der Waals surface area contributed by atoms with Gasteiger partial charge in [0.1, 0.15) is 12.3 Å². The van der Waals surface area contributed by atoms with E-state index in [4.69, 9.17) is 4.74 Å². The summed E-state index contributed by atoms with van der Waals surface area (Å²) in [6, 6.07) is 14.8. The Kier molecular flexibility index (Phi) is 5.88. The number of hydrogen-bond donors (Lipinski definition) is 0. The zero-order valence-corrected chi connectivity index (χ0v) is 17.1. The largest absolute Gasteiger partial charge is 0.443 e. The van der Waals surface area contributed by atoms with Crippen LogP contribution in [0.4, 0.5) is 14.9 Å². The van der Waals surface area contributed by atoms with E-state index in [2.05, 4.69) is 16.8 Å². The van der Waals surface area contributed by atoms with E-state index >= 15 is 0 Å². The molecule has 3 rings (SSSR count). The molecule has 0 radical (unpaired) electrons. The van der Waals surface area contributed by atoms with Crippen LogP contribution in [0, 0.1) is 11.8 Å². The molecule has 0 aliphatic carbocycles. The summed E-state index contributed by atoms with van der Waals surface area (Å²) in [6.07, 6.45) is -0.420. The molecule has 0 fully saturated rings. The first-order chi connectivity index (χ1) is 13.8. The van der Waals surface area contributed by atoms with Gasteiger partial charge in [-0.2, -0.15) is 0 Å². The fraction of sp³-hybridized carbons (Fsp3) is 0.304.